The molecule has 6 nitrogen and oxygen atoms in total. The smallest absolute Gasteiger partial charge is 0.222 e. The Labute approximate surface area is 242 Å². The zero-order valence-electron chi connectivity index (χ0n) is 22.3. The van der Waals surface area contributed by atoms with E-state index in [1.54, 1.807) is 17.4 Å². The van der Waals surface area contributed by atoms with E-state index in [1.807, 2.05) is 35.4 Å². The maximum atomic E-state index is 13.5. The molecule has 0 bridgehead atoms. The van der Waals surface area contributed by atoms with Gasteiger partial charge in [0.05, 0.1) is 5.02 Å². The van der Waals surface area contributed by atoms with Crippen LogP contribution >= 0.6 is 22.9 Å². The number of anilines is 2. The van der Waals surface area contributed by atoms with Gasteiger partial charge in [0.15, 0.2) is 0 Å². The van der Waals surface area contributed by atoms with Crippen molar-refractivity contribution in [2.75, 3.05) is 44.8 Å². The van der Waals surface area contributed by atoms with Crippen molar-refractivity contribution < 1.29 is 13.9 Å². The Kier molecular flexibility index (Phi) is 7.74. The van der Waals surface area contributed by atoms with E-state index < -0.39 is 0 Å². The van der Waals surface area contributed by atoms with Crippen LogP contribution in [0.3, 0.4) is 0 Å². The number of likely N-dealkylation sites (N-methyl/N-ethyl adjacent to an activating group) is 1. The van der Waals surface area contributed by atoms with Crippen molar-refractivity contribution in [1.29, 1.82) is 0 Å². The number of nitrogens with zero attached hydrogens (tertiary/aromatic N) is 4. The second-order valence-corrected chi connectivity index (χ2v) is 11.7. The summed E-state index contributed by atoms with van der Waals surface area (Å²) in [7, 11) is 2.10. The van der Waals surface area contributed by atoms with Crippen LogP contribution in [0.5, 0.6) is 5.75 Å². The zero-order chi connectivity index (χ0) is 27.6. The van der Waals surface area contributed by atoms with Gasteiger partial charge in [0.25, 0.3) is 0 Å². The van der Waals surface area contributed by atoms with Crippen molar-refractivity contribution in [3.05, 3.63) is 88.2 Å². The van der Waals surface area contributed by atoms with Gasteiger partial charge < -0.3 is 19.4 Å². The van der Waals surface area contributed by atoms with E-state index in [9.17, 15) is 9.18 Å². The molecule has 206 valence electrons. The van der Waals surface area contributed by atoms with Crippen LogP contribution in [0.4, 0.5) is 15.1 Å². The van der Waals surface area contributed by atoms with Gasteiger partial charge in [0, 0.05) is 60.2 Å². The number of thiophene rings is 1. The molecule has 0 unspecified atom stereocenters. The normalized spacial score (nSPS) is 15.5. The van der Waals surface area contributed by atoms with Crippen LogP contribution in [0.25, 0.3) is 10.1 Å². The van der Waals surface area contributed by atoms with Crippen molar-refractivity contribution in [2.45, 2.75) is 19.4 Å². The van der Waals surface area contributed by atoms with E-state index in [0.29, 0.717) is 23.9 Å². The SMILES string of the molecule is CN1CCN(C(=O)CCc2ccc3c4c(sc3c2)N(c2ccc(OCc3cccc(F)c3)c(Cl)c2)CN=C4)CC1. The molecule has 1 fully saturated rings. The highest BCUT2D eigenvalue weighted by atomic mass is 35.5. The van der Waals surface area contributed by atoms with Crippen molar-refractivity contribution in [3.8, 4) is 5.75 Å². The van der Waals surface area contributed by atoms with E-state index in [1.165, 1.54) is 22.4 Å². The van der Waals surface area contributed by atoms with Gasteiger partial charge in [-0.05, 0) is 61.0 Å². The Bertz CT molecular complexity index is 1580. The van der Waals surface area contributed by atoms with Gasteiger partial charge >= 0.3 is 0 Å². The molecule has 1 amide bonds. The summed E-state index contributed by atoms with van der Waals surface area (Å²) < 4.78 is 20.5. The minimum absolute atomic E-state index is 0.231. The first-order valence-electron chi connectivity index (χ1n) is 13.4. The van der Waals surface area contributed by atoms with Crippen molar-refractivity contribution >= 4 is 55.8 Å². The Morgan fingerprint density at radius 3 is 2.70 bits per heavy atom. The molecule has 1 aromatic heterocycles. The lowest BCUT2D eigenvalue weighted by atomic mass is 10.1. The summed E-state index contributed by atoms with van der Waals surface area (Å²) in [5.41, 5.74) is 3.92. The van der Waals surface area contributed by atoms with Crippen molar-refractivity contribution in [3.63, 3.8) is 0 Å². The molecular weight excluding hydrogens is 547 g/mol. The van der Waals surface area contributed by atoms with Gasteiger partial charge in [0.2, 0.25) is 5.91 Å². The lowest BCUT2D eigenvalue weighted by molar-refractivity contribution is -0.132. The topological polar surface area (TPSA) is 48.4 Å². The van der Waals surface area contributed by atoms with E-state index in [-0.39, 0.29) is 18.3 Å². The minimum Gasteiger partial charge on any atom is -0.487 e. The van der Waals surface area contributed by atoms with Crippen LogP contribution in [0, 0.1) is 5.82 Å². The van der Waals surface area contributed by atoms with Crippen LogP contribution in [0.15, 0.2) is 65.7 Å². The molecule has 0 saturated carbocycles. The maximum absolute atomic E-state index is 13.5. The number of aliphatic imine (C=N–C) groups is 1. The Hall–Kier alpha value is -3.46. The van der Waals surface area contributed by atoms with E-state index >= 15 is 0 Å². The number of rotatable bonds is 7. The largest absolute Gasteiger partial charge is 0.487 e. The number of benzene rings is 3. The van der Waals surface area contributed by atoms with Gasteiger partial charge in [-0.3, -0.25) is 9.79 Å². The third kappa shape index (κ3) is 5.70. The third-order valence-corrected chi connectivity index (χ3v) is 8.94. The lowest BCUT2D eigenvalue weighted by Gasteiger charge is -2.32. The van der Waals surface area contributed by atoms with Crippen molar-refractivity contribution in [1.82, 2.24) is 9.80 Å². The monoisotopic (exact) mass is 576 g/mol. The number of amides is 1. The molecule has 0 atom stereocenters. The summed E-state index contributed by atoms with van der Waals surface area (Å²) in [6.45, 7) is 4.22. The number of ether oxygens (including phenoxy) is 1. The number of fused-ring (bicyclic) bond motifs is 3. The Morgan fingerprint density at radius 1 is 1.05 bits per heavy atom. The molecule has 0 aliphatic carbocycles. The average Bonchev–Trinajstić information content (AvgIpc) is 3.34. The molecule has 2 aliphatic heterocycles. The molecular formula is C31H30ClFN4O2S. The Morgan fingerprint density at radius 2 is 1.90 bits per heavy atom. The van der Waals surface area contributed by atoms with E-state index in [0.717, 1.165) is 59.8 Å². The molecule has 2 aliphatic rings. The lowest BCUT2D eigenvalue weighted by Crippen LogP contribution is -2.47. The first-order valence-corrected chi connectivity index (χ1v) is 14.6. The standard InChI is InChI=1S/C31H30ClFN4O2S/c1-35-11-13-36(14-12-35)30(38)10-6-21-5-8-25-26-18-34-20-37(31(26)40-29(25)16-21)24-7-9-28(27(32)17-24)39-19-22-3-2-4-23(33)15-22/h2-5,7-9,15-18H,6,10-14,19-20H2,1H3. The minimum atomic E-state index is -0.293. The van der Waals surface area contributed by atoms with Gasteiger partial charge in [-0.15, -0.1) is 11.3 Å². The predicted octanol–water partition coefficient (Wildman–Crippen LogP) is 6.51. The zero-order valence-corrected chi connectivity index (χ0v) is 23.8. The number of halogens is 2. The highest BCUT2D eigenvalue weighted by Crippen LogP contribution is 2.43. The van der Waals surface area contributed by atoms with Gasteiger partial charge in [-0.2, -0.15) is 0 Å². The molecule has 40 heavy (non-hydrogen) atoms. The summed E-state index contributed by atoms with van der Waals surface area (Å²) in [5, 5.41) is 2.75. The first-order chi connectivity index (χ1) is 19.4. The van der Waals surface area contributed by atoms with E-state index in [4.69, 9.17) is 16.3 Å². The maximum Gasteiger partial charge on any atom is 0.222 e. The molecule has 0 N–H and O–H groups in total. The number of carbonyl (C=O) groups is 1. The van der Waals surface area contributed by atoms with E-state index in [2.05, 4.69) is 40.0 Å². The number of piperazine rings is 1. The fourth-order valence-corrected chi connectivity index (χ4v) is 6.62. The highest BCUT2D eigenvalue weighted by molar-refractivity contribution is 7.23. The Balaban J connectivity index is 1.16. The summed E-state index contributed by atoms with van der Waals surface area (Å²) in [4.78, 5) is 23.7. The van der Waals surface area contributed by atoms with Gasteiger partial charge in [-0.1, -0.05) is 35.9 Å². The van der Waals surface area contributed by atoms with Crippen LogP contribution in [-0.2, 0) is 17.8 Å². The second-order valence-electron chi connectivity index (χ2n) is 10.2. The van der Waals surface area contributed by atoms with Crippen molar-refractivity contribution in [2.24, 2.45) is 4.99 Å². The summed E-state index contributed by atoms with van der Waals surface area (Å²) >= 11 is 8.32. The molecule has 6 rings (SSSR count). The predicted molar refractivity (Wildman–Crippen MR) is 161 cm³/mol. The van der Waals surface area contributed by atoms with Crippen LogP contribution in [0.2, 0.25) is 5.02 Å². The first kappa shape index (κ1) is 26.7. The highest BCUT2D eigenvalue weighted by Gasteiger charge is 2.23. The molecule has 3 heterocycles. The number of hydrogen-bond donors (Lipinski definition) is 0. The van der Waals surface area contributed by atoms with Crippen LogP contribution in [-0.4, -0.2) is 61.8 Å². The summed E-state index contributed by atoms with van der Waals surface area (Å²) in [5.74, 6) is 0.485. The van der Waals surface area contributed by atoms with Crippen LogP contribution < -0.4 is 9.64 Å². The number of hydrogen-bond acceptors (Lipinski definition) is 6. The molecule has 3 aromatic carbocycles. The van der Waals surface area contributed by atoms with Crippen LogP contribution in [0.1, 0.15) is 23.1 Å². The fraction of sp³-hybridized carbons (Fsp3) is 0.290. The quantitative estimate of drug-likeness (QED) is 0.252. The summed E-state index contributed by atoms with van der Waals surface area (Å²) in [6.07, 6.45) is 3.20. The third-order valence-electron chi connectivity index (χ3n) is 7.46. The molecule has 0 spiro atoms. The number of carbonyl (C=O) groups excluding carboxylic acids is 1. The van der Waals surface area contributed by atoms with Gasteiger partial charge in [-0.25, -0.2) is 4.39 Å². The second kappa shape index (κ2) is 11.6. The average molecular weight is 577 g/mol. The fourth-order valence-electron chi connectivity index (χ4n) is 5.13. The molecule has 0 radical (unpaired) electrons. The molecule has 1 saturated heterocycles. The molecule has 4 aromatic rings. The summed E-state index contributed by atoms with van der Waals surface area (Å²) in [6, 6.07) is 18.5. The number of aryl methyl sites for hydroxylation is 1. The van der Waals surface area contributed by atoms with Gasteiger partial charge in [0.1, 0.15) is 29.8 Å². The molecule has 9 heteroatoms.